The predicted molar refractivity (Wildman–Crippen MR) is 105 cm³/mol. The first-order chi connectivity index (χ1) is 12.4. The van der Waals surface area contributed by atoms with Crippen molar-refractivity contribution in [2.24, 2.45) is 0 Å². The second-order valence-corrected chi connectivity index (χ2v) is 7.64. The van der Waals surface area contributed by atoms with E-state index < -0.39 is 0 Å². The molecule has 1 N–H and O–H groups in total. The van der Waals surface area contributed by atoms with Crippen LogP contribution in [-0.2, 0) is 16.0 Å². The summed E-state index contributed by atoms with van der Waals surface area (Å²) in [6.07, 6.45) is 0.239. The van der Waals surface area contributed by atoms with Crippen LogP contribution in [0, 0.1) is 0 Å². The summed E-state index contributed by atoms with van der Waals surface area (Å²) in [5, 5.41) is 6.01. The Labute approximate surface area is 165 Å². The lowest BCUT2D eigenvalue weighted by molar-refractivity contribution is -0.130. The van der Waals surface area contributed by atoms with Crippen LogP contribution < -0.4 is 10.2 Å². The number of hydrogen-bond acceptors (Lipinski definition) is 5. The first-order valence-corrected chi connectivity index (χ1v) is 9.75. The maximum atomic E-state index is 12.5. The molecular weight excluding hydrogens is 395 g/mol. The molecule has 2 aromatic rings. The summed E-state index contributed by atoms with van der Waals surface area (Å²) in [5.41, 5.74) is 1.68. The molecule has 2 amide bonds. The number of rotatable bonds is 4. The zero-order chi connectivity index (χ0) is 18.7. The number of carbonyl (C=O) groups is 2. The van der Waals surface area contributed by atoms with E-state index in [0.29, 0.717) is 34.0 Å². The minimum Gasteiger partial charge on any atom is -0.368 e. The topological polar surface area (TPSA) is 65.5 Å². The van der Waals surface area contributed by atoms with Gasteiger partial charge in [-0.3, -0.25) is 9.59 Å². The molecule has 3 rings (SSSR count). The van der Waals surface area contributed by atoms with Gasteiger partial charge in [-0.15, -0.1) is 11.3 Å². The Balaban J connectivity index is 1.54. The lowest BCUT2D eigenvalue weighted by Gasteiger charge is -2.36. The Morgan fingerprint density at radius 2 is 1.92 bits per heavy atom. The van der Waals surface area contributed by atoms with E-state index in [1.54, 1.807) is 11.4 Å². The zero-order valence-corrected chi connectivity index (χ0v) is 16.5. The van der Waals surface area contributed by atoms with Crippen molar-refractivity contribution >= 4 is 57.2 Å². The molecule has 2 heterocycles. The van der Waals surface area contributed by atoms with Crippen LogP contribution in [0.2, 0.25) is 10.0 Å². The van der Waals surface area contributed by atoms with Gasteiger partial charge in [0.15, 0.2) is 5.13 Å². The number of aromatic nitrogens is 1. The smallest absolute Gasteiger partial charge is 0.228 e. The van der Waals surface area contributed by atoms with E-state index in [-0.39, 0.29) is 18.2 Å². The molecule has 138 valence electrons. The summed E-state index contributed by atoms with van der Waals surface area (Å²) in [6.45, 7) is 4.18. The average Bonchev–Trinajstić information content (AvgIpc) is 3.03. The maximum absolute atomic E-state index is 12.5. The van der Waals surface area contributed by atoms with Crippen molar-refractivity contribution in [1.82, 2.24) is 9.88 Å². The van der Waals surface area contributed by atoms with Gasteiger partial charge in [-0.05, 0) is 18.2 Å². The maximum Gasteiger partial charge on any atom is 0.228 e. The third kappa shape index (κ3) is 4.66. The summed E-state index contributed by atoms with van der Waals surface area (Å²) in [7, 11) is 0. The van der Waals surface area contributed by atoms with Crippen LogP contribution in [0.15, 0.2) is 23.6 Å². The number of nitrogens with zero attached hydrogens (tertiary/aromatic N) is 3. The van der Waals surface area contributed by atoms with Gasteiger partial charge in [-0.25, -0.2) is 4.98 Å². The fourth-order valence-electron chi connectivity index (χ4n) is 2.76. The number of amides is 2. The fraction of sp³-hybridized carbons (Fsp3) is 0.353. The number of carbonyl (C=O) groups excluding carboxylic acids is 2. The lowest BCUT2D eigenvalue weighted by atomic mass is 10.2. The highest BCUT2D eigenvalue weighted by Gasteiger charge is 2.22. The third-order valence-electron chi connectivity index (χ3n) is 4.07. The highest BCUT2D eigenvalue weighted by molar-refractivity contribution is 7.13. The normalized spacial score (nSPS) is 14.4. The standard InChI is InChI=1S/C17H18Cl2N4O2S/c1-11(24)20-17-21-12(10-26-17)8-16(25)23-6-4-22(5-7-23)13-2-3-14(18)15(19)9-13/h2-3,9-10H,4-8H2,1H3,(H,20,21,24). The Morgan fingerprint density at radius 3 is 2.58 bits per heavy atom. The largest absolute Gasteiger partial charge is 0.368 e. The molecule has 1 aromatic carbocycles. The van der Waals surface area contributed by atoms with Gasteiger partial charge < -0.3 is 15.1 Å². The molecule has 1 fully saturated rings. The van der Waals surface area contributed by atoms with Crippen LogP contribution in [0.25, 0.3) is 0 Å². The highest BCUT2D eigenvalue weighted by Crippen LogP contribution is 2.27. The number of benzene rings is 1. The minimum absolute atomic E-state index is 0.0402. The van der Waals surface area contributed by atoms with Crippen LogP contribution in [0.3, 0.4) is 0 Å². The van der Waals surface area contributed by atoms with Crippen molar-refractivity contribution in [2.45, 2.75) is 13.3 Å². The van der Waals surface area contributed by atoms with Gasteiger partial charge in [-0.2, -0.15) is 0 Å². The number of anilines is 2. The summed E-state index contributed by atoms with van der Waals surface area (Å²) >= 11 is 13.4. The first-order valence-electron chi connectivity index (χ1n) is 8.12. The molecule has 1 aliphatic heterocycles. The van der Waals surface area contributed by atoms with Crippen molar-refractivity contribution < 1.29 is 9.59 Å². The molecule has 0 bridgehead atoms. The quantitative estimate of drug-likeness (QED) is 0.836. The van der Waals surface area contributed by atoms with E-state index in [0.717, 1.165) is 18.8 Å². The molecule has 0 atom stereocenters. The highest BCUT2D eigenvalue weighted by atomic mass is 35.5. The van der Waals surface area contributed by atoms with E-state index in [1.807, 2.05) is 17.0 Å². The Morgan fingerprint density at radius 1 is 1.19 bits per heavy atom. The van der Waals surface area contributed by atoms with E-state index in [9.17, 15) is 9.59 Å². The molecule has 0 spiro atoms. The van der Waals surface area contributed by atoms with Crippen molar-refractivity contribution in [3.63, 3.8) is 0 Å². The van der Waals surface area contributed by atoms with Crippen molar-refractivity contribution in [2.75, 3.05) is 36.4 Å². The van der Waals surface area contributed by atoms with Gasteiger partial charge in [0.1, 0.15) is 0 Å². The summed E-state index contributed by atoms with van der Waals surface area (Å²) < 4.78 is 0. The van der Waals surface area contributed by atoms with Crippen molar-refractivity contribution in [1.29, 1.82) is 0 Å². The third-order valence-corrected chi connectivity index (χ3v) is 5.61. The van der Waals surface area contributed by atoms with Gasteiger partial charge in [0.25, 0.3) is 0 Å². The minimum atomic E-state index is -0.171. The molecular formula is C17H18Cl2N4O2S. The van der Waals surface area contributed by atoms with Gasteiger partial charge in [0.2, 0.25) is 11.8 Å². The van der Waals surface area contributed by atoms with E-state index in [1.165, 1.54) is 18.3 Å². The van der Waals surface area contributed by atoms with Crippen molar-refractivity contribution in [3.05, 3.63) is 39.3 Å². The molecule has 0 aliphatic carbocycles. The summed E-state index contributed by atoms with van der Waals surface area (Å²) in [4.78, 5) is 31.8. The van der Waals surface area contributed by atoms with Crippen LogP contribution in [0.5, 0.6) is 0 Å². The van der Waals surface area contributed by atoms with Crippen LogP contribution >= 0.6 is 34.5 Å². The summed E-state index contributed by atoms with van der Waals surface area (Å²) in [6, 6.07) is 5.57. The first kappa shape index (κ1) is 18.9. The molecule has 1 aliphatic rings. The predicted octanol–water partition coefficient (Wildman–Crippen LogP) is 3.30. The van der Waals surface area contributed by atoms with Crippen LogP contribution in [0.4, 0.5) is 10.8 Å². The number of nitrogens with one attached hydrogen (secondary N) is 1. The molecule has 26 heavy (non-hydrogen) atoms. The van der Waals surface area contributed by atoms with E-state index >= 15 is 0 Å². The Bertz CT molecular complexity index is 819. The number of piperazine rings is 1. The zero-order valence-electron chi connectivity index (χ0n) is 14.2. The lowest BCUT2D eigenvalue weighted by Crippen LogP contribution is -2.49. The number of halogens is 2. The Kier molecular flexibility index (Phi) is 6.01. The van der Waals surface area contributed by atoms with Gasteiger partial charge in [0, 0.05) is 44.2 Å². The summed E-state index contributed by atoms with van der Waals surface area (Å²) in [5.74, 6) is -0.130. The van der Waals surface area contributed by atoms with E-state index in [4.69, 9.17) is 23.2 Å². The molecule has 1 saturated heterocycles. The van der Waals surface area contributed by atoms with Gasteiger partial charge in [-0.1, -0.05) is 23.2 Å². The second kappa shape index (κ2) is 8.24. The Hall–Kier alpha value is -1.83. The fourth-order valence-corrected chi connectivity index (χ4v) is 3.81. The van der Waals surface area contributed by atoms with Gasteiger partial charge >= 0.3 is 0 Å². The monoisotopic (exact) mass is 412 g/mol. The van der Waals surface area contributed by atoms with Crippen LogP contribution in [-0.4, -0.2) is 47.9 Å². The van der Waals surface area contributed by atoms with E-state index in [2.05, 4.69) is 15.2 Å². The molecule has 0 radical (unpaired) electrons. The molecule has 0 unspecified atom stereocenters. The average molecular weight is 413 g/mol. The SMILES string of the molecule is CC(=O)Nc1nc(CC(=O)N2CCN(c3ccc(Cl)c(Cl)c3)CC2)cs1. The molecule has 9 heteroatoms. The van der Waals surface area contributed by atoms with Crippen LogP contribution in [0.1, 0.15) is 12.6 Å². The molecule has 0 saturated carbocycles. The molecule has 1 aromatic heterocycles. The number of thiazole rings is 1. The number of hydrogen-bond donors (Lipinski definition) is 1. The molecule has 6 nitrogen and oxygen atoms in total. The van der Waals surface area contributed by atoms with Gasteiger partial charge in [0.05, 0.1) is 22.2 Å². The van der Waals surface area contributed by atoms with Crippen molar-refractivity contribution in [3.8, 4) is 0 Å². The second-order valence-electron chi connectivity index (χ2n) is 5.97.